The minimum absolute atomic E-state index is 0.152. The molecule has 0 atom stereocenters. The van der Waals surface area contributed by atoms with Crippen molar-refractivity contribution in [3.63, 3.8) is 0 Å². The van der Waals surface area contributed by atoms with Crippen LogP contribution >= 0.6 is 0 Å². The fraction of sp³-hybridized carbons (Fsp3) is 0.464. The Bertz CT molecular complexity index is 1250. The number of furan rings is 1. The lowest BCUT2D eigenvalue weighted by atomic mass is 9.98. The van der Waals surface area contributed by atoms with E-state index in [1.54, 1.807) is 30.3 Å². The van der Waals surface area contributed by atoms with Gasteiger partial charge in [-0.25, -0.2) is 8.42 Å². The molecular formula is C28H38N2O5S. The Kier molecular flexibility index (Phi) is 9.96. The van der Waals surface area contributed by atoms with Crippen LogP contribution in [0.3, 0.4) is 0 Å². The van der Waals surface area contributed by atoms with E-state index in [1.807, 2.05) is 12.1 Å². The zero-order valence-electron chi connectivity index (χ0n) is 21.8. The van der Waals surface area contributed by atoms with Gasteiger partial charge in [0.1, 0.15) is 17.1 Å². The number of aryl methyl sites for hydroxylation is 1. The summed E-state index contributed by atoms with van der Waals surface area (Å²) in [5.74, 6) is 1.20. The lowest BCUT2D eigenvalue weighted by Gasteiger charge is -2.16. The summed E-state index contributed by atoms with van der Waals surface area (Å²) in [5.41, 5.74) is 1.97. The van der Waals surface area contributed by atoms with Crippen molar-refractivity contribution >= 4 is 32.5 Å². The standard InChI is InChI=1S/C28H38N2O5S/c1-5-7-10-26-27(24-20-22(29-36(4,32)33)13-16-25(24)35-26)28(31)21-11-14-23(15-12-21)34-19-9-18-30(3)17-8-6-2/h11-16,20,29H,5-10,17-19H2,1-4H3. The van der Waals surface area contributed by atoms with E-state index in [4.69, 9.17) is 9.15 Å². The molecule has 0 amide bonds. The lowest BCUT2D eigenvalue weighted by molar-refractivity contribution is 0.103. The minimum atomic E-state index is -3.44. The number of ether oxygens (including phenoxy) is 1. The maximum atomic E-state index is 13.6. The summed E-state index contributed by atoms with van der Waals surface area (Å²) in [6.45, 7) is 6.98. The first-order valence-corrected chi connectivity index (χ1v) is 14.6. The SMILES string of the molecule is CCCCc1oc2ccc(NS(C)(=O)=O)cc2c1C(=O)c1ccc(OCCCN(C)CCCC)cc1. The predicted molar refractivity (Wildman–Crippen MR) is 146 cm³/mol. The molecule has 0 aliphatic heterocycles. The maximum absolute atomic E-state index is 13.6. The van der Waals surface area contributed by atoms with Crippen molar-refractivity contribution in [1.82, 2.24) is 4.90 Å². The Morgan fingerprint density at radius 2 is 1.69 bits per heavy atom. The number of fused-ring (bicyclic) bond motifs is 1. The van der Waals surface area contributed by atoms with Crippen LogP contribution in [-0.2, 0) is 16.4 Å². The maximum Gasteiger partial charge on any atom is 0.229 e. The largest absolute Gasteiger partial charge is 0.494 e. The molecule has 3 rings (SSSR count). The molecule has 0 radical (unpaired) electrons. The van der Waals surface area contributed by atoms with Gasteiger partial charge in [-0.1, -0.05) is 26.7 Å². The second-order valence-corrected chi connectivity index (χ2v) is 11.0. The lowest BCUT2D eigenvalue weighted by Crippen LogP contribution is -2.22. The average Bonchev–Trinajstić information content (AvgIpc) is 3.20. The van der Waals surface area contributed by atoms with Crippen molar-refractivity contribution in [1.29, 1.82) is 0 Å². The highest BCUT2D eigenvalue weighted by Gasteiger charge is 2.22. The van der Waals surface area contributed by atoms with E-state index in [0.717, 1.165) is 44.4 Å². The third kappa shape index (κ3) is 7.83. The Balaban J connectivity index is 1.76. The first-order valence-electron chi connectivity index (χ1n) is 12.7. The van der Waals surface area contributed by atoms with Crippen molar-refractivity contribution in [2.75, 3.05) is 37.7 Å². The van der Waals surface area contributed by atoms with Crippen LogP contribution in [0.25, 0.3) is 11.0 Å². The van der Waals surface area contributed by atoms with Gasteiger partial charge in [0.25, 0.3) is 0 Å². The highest BCUT2D eigenvalue weighted by atomic mass is 32.2. The Hall–Kier alpha value is -2.84. The van der Waals surface area contributed by atoms with E-state index >= 15 is 0 Å². The molecule has 0 saturated carbocycles. The quantitative estimate of drug-likeness (QED) is 0.201. The Labute approximate surface area is 214 Å². The third-order valence-corrected chi connectivity index (χ3v) is 6.62. The molecule has 0 aliphatic rings. The van der Waals surface area contributed by atoms with Crippen molar-refractivity contribution in [2.24, 2.45) is 0 Å². The molecule has 8 heteroatoms. The molecule has 196 valence electrons. The number of hydrogen-bond acceptors (Lipinski definition) is 6. The van der Waals surface area contributed by atoms with Gasteiger partial charge >= 0.3 is 0 Å². The first-order chi connectivity index (χ1) is 17.2. The van der Waals surface area contributed by atoms with Gasteiger partial charge < -0.3 is 14.1 Å². The molecule has 0 fully saturated rings. The van der Waals surface area contributed by atoms with Gasteiger partial charge in [0, 0.05) is 29.6 Å². The number of carbonyl (C=O) groups is 1. The summed E-state index contributed by atoms with van der Waals surface area (Å²) in [7, 11) is -1.31. The van der Waals surface area contributed by atoms with Crippen molar-refractivity contribution in [2.45, 2.75) is 52.4 Å². The van der Waals surface area contributed by atoms with Gasteiger partial charge in [-0.3, -0.25) is 9.52 Å². The van der Waals surface area contributed by atoms with Crippen LogP contribution in [0, 0.1) is 0 Å². The zero-order valence-corrected chi connectivity index (χ0v) is 22.6. The smallest absolute Gasteiger partial charge is 0.229 e. The van der Waals surface area contributed by atoms with Gasteiger partial charge in [0.2, 0.25) is 10.0 Å². The summed E-state index contributed by atoms with van der Waals surface area (Å²) < 4.78 is 37.8. The van der Waals surface area contributed by atoms with Gasteiger partial charge in [-0.05, 0) is 75.3 Å². The van der Waals surface area contributed by atoms with Gasteiger partial charge in [0.05, 0.1) is 18.4 Å². The van der Waals surface area contributed by atoms with Crippen LogP contribution in [0.15, 0.2) is 46.9 Å². The number of anilines is 1. The number of ketones is 1. The number of benzene rings is 2. The fourth-order valence-electron chi connectivity index (χ4n) is 4.10. The van der Waals surface area contributed by atoms with E-state index in [1.165, 1.54) is 12.8 Å². The molecule has 0 spiro atoms. The second kappa shape index (κ2) is 12.9. The molecule has 1 heterocycles. The fourth-order valence-corrected chi connectivity index (χ4v) is 4.65. The number of rotatable bonds is 15. The van der Waals surface area contributed by atoms with E-state index in [2.05, 4.69) is 30.5 Å². The number of unbranched alkanes of at least 4 members (excludes halogenated alkanes) is 2. The molecular weight excluding hydrogens is 476 g/mol. The molecule has 0 unspecified atom stereocenters. The van der Waals surface area contributed by atoms with Crippen LogP contribution < -0.4 is 9.46 Å². The van der Waals surface area contributed by atoms with Crippen LogP contribution in [0.5, 0.6) is 5.75 Å². The van der Waals surface area contributed by atoms with Crippen molar-refractivity contribution in [3.8, 4) is 5.75 Å². The predicted octanol–water partition coefficient (Wildman–Crippen LogP) is 5.88. The van der Waals surface area contributed by atoms with Crippen molar-refractivity contribution in [3.05, 3.63) is 59.4 Å². The number of carbonyl (C=O) groups excluding carboxylic acids is 1. The summed E-state index contributed by atoms with van der Waals surface area (Å²) in [4.78, 5) is 15.9. The molecule has 7 nitrogen and oxygen atoms in total. The monoisotopic (exact) mass is 514 g/mol. The molecule has 2 aromatic carbocycles. The molecule has 1 aromatic heterocycles. The molecule has 0 saturated heterocycles. The van der Waals surface area contributed by atoms with Gasteiger partial charge in [-0.15, -0.1) is 0 Å². The van der Waals surface area contributed by atoms with Crippen molar-refractivity contribution < 1.29 is 22.4 Å². The highest BCUT2D eigenvalue weighted by Crippen LogP contribution is 2.32. The van der Waals surface area contributed by atoms with Crippen LogP contribution in [0.2, 0.25) is 0 Å². The molecule has 36 heavy (non-hydrogen) atoms. The summed E-state index contributed by atoms with van der Waals surface area (Å²) in [5, 5.41) is 0.604. The minimum Gasteiger partial charge on any atom is -0.494 e. The van der Waals surface area contributed by atoms with Crippen LogP contribution in [0.4, 0.5) is 5.69 Å². The highest BCUT2D eigenvalue weighted by molar-refractivity contribution is 7.92. The summed E-state index contributed by atoms with van der Waals surface area (Å²) in [6, 6.07) is 12.2. The third-order valence-electron chi connectivity index (χ3n) is 6.01. The molecule has 1 N–H and O–H groups in total. The Morgan fingerprint density at radius 1 is 1.00 bits per heavy atom. The summed E-state index contributed by atoms with van der Waals surface area (Å²) >= 11 is 0. The molecule has 3 aromatic rings. The van der Waals surface area contributed by atoms with Crippen LogP contribution in [0.1, 0.15) is 67.6 Å². The first kappa shape index (κ1) is 27.7. The van der Waals surface area contributed by atoms with E-state index in [0.29, 0.717) is 46.6 Å². The molecule has 0 aliphatic carbocycles. The van der Waals surface area contributed by atoms with Gasteiger partial charge in [-0.2, -0.15) is 0 Å². The van der Waals surface area contributed by atoms with Crippen LogP contribution in [-0.4, -0.2) is 52.1 Å². The number of nitrogens with one attached hydrogen (secondary N) is 1. The van der Waals surface area contributed by atoms with E-state index in [-0.39, 0.29) is 5.78 Å². The number of hydrogen-bond donors (Lipinski definition) is 1. The normalized spacial score (nSPS) is 11.8. The van der Waals surface area contributed by atoms with Gasteiger partial charge in [0.15, 0.2) is 5.78 Å². The zero-order chi connectivity index (χ0) is 26.1. The number of sulfonamides is 1. The Morgan fingerprint density at radius 3 is 2.36 bits per heavy atom. The topological polar surface area (TPSA) is 88.8 Å². The molecule has 0 bridgehead atoms. The van der Waals surface area contributed by atoms with E-state index < -0.39 is 10.0 Å². The average molecular weight is 515 g/mol. The summed E-state index contributed by atoms with van der Waals surface area (Å²) in [6.07, 6.45) is 6.91. The second-order valence-electron chi connectivity index (χ2n) is 9.30. The van der Waals surface area contributed by atoms with E-state index in [9.17, 15) is 13.2 Å². The number of nitrogens with zero attached hydrogens (tertiary/aromatic N) is 1.